The molecule has 6 heteroatoms. The molecule has 0 aromatic carbocycles. The van der Waals surface area contributed by atoms with Gasteiger partial charge in [-0.15, -0.1) is 0 Å². The first-order valence-electron chi connectivity index (χ1n) is 13.9. The summed E-state index contributed by atoms with van der Waals surface area (Å²) < 4.78 is 10.8. The van der Waals surface area contributed by atoms with E-state index in [-0.39, 0.29) is 58.4 Å². The fraction of sp³-hybridized carbons (Fsp3) is 0.897. The summed E-state index contributed by atoms with van der Waals surface area (Å²) in [6.07, 6.45) is 7.57. The van der Waals surface area contributed by atoms with Crippen LogP contribution in [0.1, 0.15) is 79.6 Å². The van der Waals surface area contributed by atoms with Gasteiger partial charge in [0.15, 0.2) is 0 Å². The Morgan fingerprint density at radius 2 is 1.77 bits per heavy atom. The Morgan fingerprint density at radius 3 is 2.43 bits per heavy atom. The van der Waals surface area contributed by atoms with Crippen molar-refractivity contribution in [3.05, 3.63) is 12.2 Å². The summed E-state index contributed by atoms with van der Waals surface area (Å²) in [5, 5.41) is 33.3. The van der Waals surface area contributed by atoms with Crippen molar-refractivity contribution in [2.24, 2.45) is 52.3 Å². The number of rotatable bonds is 7. The van der Waals surface area contributed by atoms with Gasteiger partial charge in [-0.1, -0.05) is 46.8 Å². The number of fused-ring (bicyclic) bond motifs is 5. The predicted molar refractivity (Wildman–Crippen MR) is 134 cm³/mol. The lowest BCUT2D eigenvalue weighted by molar-refractivity contribution is -0.188. The summed E-state index contributed by atoms with van der Waals surface area (Å²) >= 11 is 0. The van der Waals surface area contributed by atoms with Crippen LogP contribution >= 0.6 is 0 Å². The lowest BCUT2D eigenvalue weighted by Crippen LogP contribution is -2.61. The van der Waals surface area contributed by atoms with Crippen LogP contribution in [0, 0.1) is 52.3 Å². The largest absolute Gasteiger partial charge is 0.435 e. The Bertz CT molecular complexity index is 796. The normalized spacial score (nSPS) is 46.5. The molecule has 0 spiro atoms. The van der Waals surface area contributed by atoms with E-state index in [0.29, 0.717) is 25.2 Å². The van der Waals surface area contributed by atoms with Gasteiger partial charge in [-0.3, -0.25) is 4.79 Å². The number of hydrogen-bond acceptors (Lipinski definition) is 6. The number of ether oxygens (including phenoxy) is 2. The van der Waals surface area contributed by atoms with Crippen LogP contribution in [0.4, 0.5) is 0 Å². The van der Waals surface area contributed by atoms with Crippen molar-refractivity contribution < 1.29 is 29.6 Å². The molecule has 3 saturated carbocycles. The molecule has 200 valence electrons. The van der Waals surface area contributed by atoms with Gasteiger partial charge in [0, 0.05) is 19.4 Å². The minimum atomic E-state index is -0.517. The summed E-state index contributed by atoms with van der Waals surface area (Å²) in [6, 6.07) is 0. The lowest BCUT2D eigenvalue weighted by Gasteiger charge is -2.62. The van der Waals surface area contributed by atoms with E-state index < -0.39 is 18.5 Å². The summed E-state index contributed by atoms with van der Waals surface area (Å²) in [6.45, 7) is 10.7. The Hall–Kier alpha value is -0.950. The third-order valence-corrected chi connectivity index (χ3v) is 10.9. The third kappa shape index (κ3) is 4.62. The van der Waals surface area contributed by atoms with Crippen LogP contribution in [0.25, 0.3) is 0 Å². The van der Waals surface area contributed by atoms with Crippen molar-refractivity contribution in [2.45, 2.75) is 104 Å². The molecule has 6 nitrogen and oxygen atoms in total. The maximum absolute atomic E-state index is 12.5. The number of carbonyl (C=O) groups excluding carboxylic acids is 1. The minimum absolute atomic E-state index is 0.0901. The zero-order valence-electron chi connectivity index (χ0n) is 22.5. The molecule has 3 fully saturated rings. The number of aliphatic hydroxyl groups is 3. The predicted octanol–water partition coefficient (Wildman–Crippen LogP) is 4.31. The molecule has 12 atom stereocenters. The highest BCUT2D eigenvalue weighted by Crippen LogP contribution is 2.67. The number of hydrogen-bond donors (Lipinski definition) is 3. The van der Waals surface area contributed by atoms with Gasteiger partial charge < -0.3 is 24.8 Å². The molecule has 0 saturated heterocycles. The monoisotopic (exact) mass is 492 g/mol. The van der Waals surface area contributed by atoms with Crippen LogP contribution in [0.2, 0.25) is 0 Å². The van der Waals surface area contributed by atoms with Gasteiger partial charge in [-0.25, -0.2) is 0 Å². The average molecular weight is 493 g/mol. The maximum Gasteiger partial charge on any atom is 0.308 e. The van der Waals surface area contributed by atoms with E-state index in [1.165, 1.54) is 0 Å². The van der Waals surface area contributed by atoms with E-state index in [9.17, 15) is 20.1 Å². The summed E-state index contributed by atoms with van der Waals surface area (Å²) in [7, 11) is 1.56. The molecule has 0 heterocycles. The summed E-state index contributed by atoms with van der Waals surface area (Å²) in [5.74, 6) is 1.36. The lowest BCUT2D eigenvalue weighted by atomic mass is 9.44. The van der Waals surface area contributed by atoms with E-state index >= 15 is 0 Å². The fourth-order valence-electron chi connectivity index (χ4n) is 8.89. The molecule has 4 aliphatic carbocycles. The van der Waals surface area contributed by atoms with Crippen molar-refractivity contribution >= 4 is 5.97 Å². The van der Waals surface area contributed by atoms with E-state index in [0.717, 1.165) is 25.7 Å². The second-order valence-electron chi connectivity index (χ2n) is 13.0. The number of aliphatic hydroxyl groups excluding tert-OH is 3. The van der Waals surface area contributed by atoms with Gasteiger partial charge in [-0.2, -0.15) is 0 Å². The highest BCUT2D eigenvalue weighted by atomic mass is 16.7. The van der Waals surface area contributed by atoms with Crippen LogP contribution in [0.3, 0.4) is 0 Å². The minimum Gasteiger partial charge on any atom is -0.435 e. The molecular formula is C29H48O6. The van der Waals surface area contributed by atoms with Crippen LogP contribution in [-0.2, 0) is 14.3 Å². The van der Waals surface area contributed by atoms with E-state index in [4.69, 9.17) is 9.47 Å². The first-order chi connectivity index (χ1) is 16.4. The highest BCUT2D eigenvalue weighted by molar-refractivity contribution is 5.69. The Morgan fingerprint density at radius 1 is 1.06 bits per heavy atom. The standard InChI is InChI=1S/C29H48O6/c1-16(2)27(34-6)35-25(33)10-7-17(3)20-8-9-21-26-22(15-24(32)29(20,21)5)28(4)12-11-19(30)13-18(28)14-23(26)31/h11-12,16-24,26-27,30-32H,7-10,13-15H2,1-6H3. The smallest absolute Gasteiger partial charge is 0.308 e. The van der Waals surface area contributed by atoms with Crippen LogP contribution in [0.5, 0.6) is 0 Å². The molecule has 0 aliphatic heterocycles. The van der Waals surface area contributed by atoms with E-state index in [2.05, 4.69) is 26.8 Å². The van der Waals surface area contributed by atoms with Crippen LogP contribution < -0.4 is 0 Å². The first-order valence-corrected chi connectivity index (χ1v) is 13.9. The van der Waals surface area contributed by atoms with Crippen LogP contribution in [0.15, 0.2) is 12.2 Å². The number of methoxy groups -OCH3 is 1. The molecule has 0 aromatic rings. The Kier molecular flexibility index (Phi) is 7.80. The second kappa shape index (κ2) is 10.1. The highest BCUT2D eigenvalue weighted by Gasteiger charge is 2.65. The molecule has 0 amide bonds. The number of carbonyl (C=O) groups is 1. The molecule has 3 N–H and O–H groups in total. The molecule has 4 aliphatic rings. The van der Waals surface area contributed by atoms with Gasteiger partial charge in [0.25, 0.3) is 0 Å². The molecule has 35 heavy (non-hydrogen) atoms. The number of allylic oxidation sites excluding steroid dienone is 1. The van der Waals surface area contributed by atoms with Crippen LogP contribution in [-0.4, -0.2) is 53.0 Å². The first kappa shape index (κ1) is 27.1. The second-order valence-corrected chi connectivity index (χ2v) is 13.0. The van der Waals surface area contributed by atoms with Gasteiger partial charge >= 0.3 is 5.97 Å². The topological polar surface area (TPSA) is 96.2 Å². The Labute approximate surface area is 211 Å². The van der Waals surface area contributed by atoms with Crippen molar-refractivity contribution in [1.82, 2.24) is 0 Å². The summed E-state index contributed by atoms with van der Waals surface area (Å²) in [5.41, 5.74) is -0.354. The van der Waals surface area contributed by atoms with Crippen molar-refractivity contribution in [2.75, 3.05) is 7.11 Å². The average Bonchev–Trinajstić information content (AvgIpc) is 3.16. The van der Waals surface area contributed by atoms with Crippen molar-refractivity contribution in [1.29, 1.82) is 0 Å². The van der Waals surface area contributed by atoms with Crippen molar-refractivity contribution in [3.8, 4) is 0 Å². The maximum atomic E-state index is 12.5. The van der Waals surface area contributed by atoms with E-state index in [1.807, 2.05) is 19.9 Å². The zero-order chi connectivity index (χ0) is 25.7. The molecule has 12 unspecified atom stereocenters. The van der Waals surface area contributed by atoms with Gasteiger partial charge in [0.1, 0.15) is 0 Å². The quantitative estimate of drug-likeness (QED) is 0.278. The number of esters is 1. The van der Waals surface area contributed by atoms with Gasteiger partial charge in [0.05, 0.1) is 18.3 Å². The molecule has 0 radical (unpaired) electrons. The van der Waals surface area contributed by atoms with Gasteiger partial charge in [0.2, 0.25) is 6.29 Å². The Balaban J connectivity index is 1.48. The fourth-order valence-corrected chi connectivity index (χ4v) is 8.89. The molecular weight excluding hydrogens is 444 g/mol. The molecule has 4 rings (SSSR count). The third-order valence-electron chi connectivity index (χ3n) is 10.9. The molecule has 0 aromatic heterocycles. The molecule has 0 bridgehead atoms. The zero-order valence-corrected chi connectivity index (χ0v) is 22.5. The van der Waals surface area contributed by atoms with Gasteiger partial charge in [-0.05, 0) is 84.9 Å². The van der Waals surface area contributed by atoms with Crippen molar-refractivity contribution in [3.63, 3.8) is 0 Å². The van der Waals surface area contributed by atoms with E-state index in [1.54, 1.807) is 7.11 Å². The SMILES string of the molecule is COC(OC(=O)CCC(C)C1CCC2C3C(O)CC4CC(O)C=CC4(C)C3CC(O)C12C)C(C)C. The summed E-state index contributed by atoms with van der Waals surface area (Å²) in [4.78, 5) is 12.5.